The number of nitrogens with zero attached hydrogens (tertiary/aromatic N) is 5. The summed E-state index contributed by atoms with van der Waals surface area (Å²) in [6.07, 6.45) is 3.02. The minimum absolute atomic E-state index is 0.194. The van der Waals surface area contributed by atoms with Gasteiger partial charge in [0.05, 0.1) is 41.8 Å². The average Bonchev–Trinajstić information content (AvgIpc) is 3.01. The van der Waals surface area contributed by atoms with Crippen molar-refractivity contribution in [1.29, 1.82) is 0 Å². The fraction of sp³-hybridized carbons (Fsp3) is 0.290. The lowest BCUT2D eigenvalue weighted by Crippen LogP contribution is -2.23. The molecule has 0 aliphatic rings. The Bertz CT molecular complexity index is 1380. The van der Waals surface area contributed by atoms with Crippen molar-refractivity contribution in [2.75, 3.05) is 38.3 Å². The minimum atomic E-state index is -0.436. The van der Waals surface area contributed by atoms with E-state index in [2.05, 4.69) is 27.0 Å². The Kier molecular flexibility index (Phi) is 13.2. The highest BCUT2D eigenvalue weighted by Gasteiger charge is 2.05. The monoisotopic (exact) mass is 591 g/mol. The predicted octanol–water partition coefficient (Wildman–Crippen LogP) is 8.45. The van der Waals surface area contributed by atoms with Gasteiger partial charge in [0.25, 0.3) is 0 Å². The highest BCUT2D eigenvalue weighted by atomic mass is 35.5. The first-order valence-corrected chi connectivity index (χ1v) is 13.9. The van der Waals surface area contributed by atoms with Crippen LogP contribution in [0.5, 0.6) is 5.75 Å². The smallest absolute Gasteiger partial charge is 0.330 e. The van der Waals surface area contributed by atoms with Crippen LogP contribution in [0.1, 0.15) is 26.2 Å². The Balaban J connectivity index is 1.45. The SMILES string of the molecule is C=CC(=O)OCCN(C)c1ccc(N=Nc2ccc(N=Nc3ccc(OCCCCOC(=O)CC)cc3Cl)cc2)cc1. The number of carbonyl (C=O) groups excluding carboxylic acids is 2. The number of hydrogen-bond donors (Lipinski definition) is 0. The lowest BCUT2D eigenvalue weighted by Gasteiger charge is -2.18. The molecular weight excluding hydrogens is 558 g/mol. The Morgan fingerprint density at radius 1 is 0.833 bits per heavy atom. The number of esters is 2. The first kappa shape index (κ1) is 32.0. The molecule has 0 aromatic heterocycles. The molecule has 0 saturated carbocycles. The Labute approximate surface area is 250 Å². The van der Waals surface area contributed by atoms with Gasteiger partial charge in [0.15, 0.2) is 0 Å². The third-order valence-electron chi connectivity index (χ3n) is 5.81. The number of halogens is 1. The van der Waals surface area contributed by atoms with Crippen molar-refractivity contribution in [3.8, 4) is 5.75 Å². The number of rotatable bonds is 16. The fourth-order valence-corrected chi connectivity index (χ4v) is 3.61. The molecule has 0 fully saturated rings. The van der Waals surface area contributed by atoms with E-state index in [4.69, 9.17) is 25.8 Å². The number of likely N-dealkylation sites (N-methyl/N-ethyl adjacent to an activating group) is 1. The first-order chi connectivity index (χ1) is 20.4. The molecule has 220 valence electrons. The molecule has 3 aromatic rings. The van der Waals surface area contributed by atoms with E-state index < -0.39 is 5.97 Å². The van der Waals surface area contributed by atoms with Gasteiger partial charge in [0.2, 0.25) is 0 Å². The van der Waals surface area contributed by atoms with E-state index in [0.717, 1.165) is 24.6 Å². The van der Waals surface area contributed by atoms with Crippen LogP contribution in [0.25, 0.3) is 0 Å². The molecule has 0 heterocycles. The standard InChI is InChI=1S/C31H34ClN5O5/c1-4-30(38)41-20-7-6-19-40-27-16-17-29(28(32)22-27)36-35-24-10-8-23(9-11-24)33-34-25-12-14-26(15-13-25)37(3)18-21-42-31(39)5-2/h5,8-17,22H,2,4,6-7,18-21H2,1,3H3. The van der Waals surface area contributed by atoms with Crippen molar-refractivity contribution in [3.63, 3.8) is 0 Å². The number of anilines is 1. The summed E-state index contributed by atoms with van der Waals surface area (Å²) in [5, 5.41) is 17.5. The van der Waals surface area contributed by atoms with Gasteiger partial charge in [-0.2, -0.15) is 15.3 Å². The summed E-state index contributed by atoms with van der Waals surface area (Å²) in [4.78, 5) is 24.3. The van der Waals surface area contributed by atoms with Crippen LogP contribution in [0.3, 0.4) is 0 Å². The quantitative estimate of drug-likeness (QED) is 0.0714. The van der Waals surface area contributed by atoms with Crippen LogP contribution in [0.2, 0.25) is 5.02 Å². The average molecular weight is 592 g/mol. The predicted molar refractivity (Wildman–Crippen MR) is 163 cm³/mol. The van der Waals surface area contributed by atoms with Crippen molar-refractivity contribution in [2.45, 2.75) is 26.2 Å². The number of carbonyl (C=O) groups is 2. The van der Waals surface area contributed by atoms with Crippen LogP contribution >= 0.6 is 11.6 Å². The van der Waals surface area contributed by atoms with Gasteiger partial charge in [0, 0.05) is 31.3 Å². The molecule has 0 N–H and O–H groups in total. The molecule has 3 rings (SSSR count). The summed E-state index contributed by atoms with van der Waals surface area (Å²) < 4.78 is 15.8. The second-order valence-electron chi connectivity index (χ2n) is 8.97. The molecular formula is C31H34ClN5O5. The van der Waals surface area contributed by atoms with Crippen molar-refractivity contribution in [3.05, 3.63) is 84.4 Å². The normalized spacial score (nSPS) is 11.0. The molecule has 11 heteroatoms. The van der Waals surface area contributed by atoms with Crippen LogP contribution in [0.4, 0.5) is 28.4 Å². The van der Waals surface area contributed by atoms with Gasteiger partial charge in [-0.05, 0) is 73.5 Å². The Morgan fingerprint density at radius 2 is 1.43 bits per heavy atom. The summed E-state index contributed by atoms with van der Waals surface area (Å²) in [6.45, 7) is 6.86. The molecule has 0 aliphatic carbocycles. The molecule has 10 nitrogen and oxygen atoms in total. The molecule has 0 unspecified atom stereocenters. The zero-order valence-electron chi connectivity index (χ0n) is 23.7. The number of ether oxygens (including phenoxy) is 3. The number of hydrogen-bond acceptors (Lipinski definition) is 10. The van der Waals surface area contributed by atoms with Crippen molar-refractivity contribution >= 4 is 52.0 Å². The van der Waals surface area contributed by atoms with Crippen molar-refractivity contribution in [2.24, 2.45) is 20.5 Å². The van der Waals surface area contributed by atoms with Gasteiger partial charge in [-0.3, -0.25) is 4.79 Å². The van der Waals surface area contributed by atoms with Crippen LogP contribution in [0, 0.1) is 0 Å². The van der Waals surface area contributed by atoms with E-state index in [1.807, 2.05) is 36.2 Å². The van der Waals surface area contributed by atoms with Crippen LogP contribution in [0.15, 0.2) is 99.8 Å². The van der Waals surface area contributed by atoms with E-state index in [-0.39, 0.29) is 12.6 Å². The zero-order chi connectivity index (χ0) is 30.2. The summed E-state index contributed by atoms with van der Waals surface area (Å²) >= 11 is 6.36. The second-order valence-corrected chi connectivity index (χ2v) is 9.38. The highest BCUT2D eigenvalue weighted by Crippen LogP contribution is 2.31. The molecule has 0 saturated heterocycles. The van der Waals surface area contributed by atoms with E-state index in [9.17, 15) is 9.59 Å². The molecule has 0 radical (unpaired) electrons. The van der Waals surface area contributed by atoms with Gasteiger partial charge in [-0.1, -0.05) is 25.1 Å². The molecule has 3 aromatic carbocycles. The maximum atomic E-state index is 11.2. The van der Waals surface area contributed by atoms with Gasteiger partial charge in [0.1, 0.15) is 18.0 Å². The maximum absolute atomic E-state index is 11.2. The lowest BCUT2D eigenvalue weighted by molar-refractivity contribution is -0.143. The number of azo groups is 2. The van der Waals surface area contributed by atoms with Gasteiger partial charge >= 0.3 is 11.9 Å². The largest absolute Gasteiger partial charge is 0.494 e. The van der Waals surface area contributed by atoms with Crippen LogP contribution < -0.4 is 9.64 Å². The maximum Gasteiger partial charge on any atom is 0.330 e. The molecule has 0 spiro atoms. The van der Waals surface area contributed by atoms with Crippen LogP contribution in [-0.4, -0.2) is 45.4 Å². The fourth-order valence-electron chi connectivity index (χ4n) is 3.40. The van der Waals surface area contributed by atoms with E-state index >= 15 is 0 Å². The van der Waals surface area contributed by atoms with E-state index in [1.165, 1.54) is 0 Å². The molecule has 0 amide bonds. The molecule has 0 atom stereocenters. The van der Waals surface area contributed by atoms with Gasteiger partial charge in [-0.15, -0.1) is 5.11 Å². The summed E-state index contributed by atoms with van der Waals surface area (Å²) in [5.74, 6) is 0.00172. The van der Waals surface area contributed by atoms with Crippen molar-refractivity contribution < 1.29 is 23.8 Å². The molecule has 42 heavy (non-hydrogen) atoms. The highest BCUT2D eigenvalue weighted by molar-refractivity contribution is 6.33. The molecule has 0 bridgehead atoms. The van der Waals surface area contributed by atoms with Gasteiger partial charge in [-0.25, -0.2) is 4.79 Å². The van der Waals surface area contributed by atoms with E-state index in [0.29, 0.717) is 59.7 Å². The zero-order valence-corrected chi connectivity index (χ0v) is 24.5. The van der Waals surface area contributed by atoms with Crippen molar-refractivity contribution in [1.82, 2.24) is 0 Å². The molecule has 0 aliphatic heterocycles. The number of unbranched alkanes of at least 4 members (excludes halogenated alkanes) is 1. The van der Waals surface area contributed by atoms with E-state index in [1.54, 1.807) is 49.4 Å². The Hall–Kier alpha value is -4.57. The summed E-state index contributed by atoms with van der Waals surface area (Å²) in [5.41, 5.74) is 3.49. The van der Waals surface area contributed by atoms with Crippen LogP contribution in [-0.2, 0) is 19.1 Å². The lowest BCUT2D eigenvalue weighted by atomic mass is 10.2. The minimum Gasteiger partial charge on any atom is -0.494 e. The summed E-state index contributed by atoms with van der Waals surface area (Å²) in [7, 11) is 1.91. The van der Waals surface area contributed by atoms with Gasteiger partial charge < -0.3 is 19.1 Å². The number of benzene rings is 3. The summed E-state index contributed by atoms with van der Waals surface area (Å²) in [6, 6.07) is 20.0. The topological polar surface area (TPSA) is 115 Å². The first-order valence-electron chi connectivity index (χ1n) is 13.5. The Morgan fingerprint density at radius 3 is 2.02 bits per heavy atom. The third kappa shape index (κ3) is 11.1. The third-order valence-corrected chi connectivity index (χ3v) is 6.11. The second kappa shape index (κ2) is 17.3.